The fraction of sp³-hybridized carbons (Fsp3) is 0.647. The Morgan fingerprint density at radius 1 is 1.25 bits per heavy atom. The Bertz CT molecular complexity index is 402. The third-order valence-electron chi connectivity index (χ3n) is 4.31. The Balaban J connectivity index is 1.64. The first-order valence-electron chi connectivity index (χ1n) is 7.94. The lowest BCUT2D eigenvalue weighted by molar-refractivity contribution is 0.250. The van der Waals surface area contributed by atoms with Crippen LogP contribution in [-0.4, -0.2) is 37.1 Å². The second-order valence-corrected chi connectivity index (χ2v) is 6.72. The van der Waals surface area contributed by atoms with Gasteiger partial charge in [-0.25, -0.2) is 0 Å². The topological polar surface area (TPSA) is 15.3 Å². The molecule has 1 N–H and O–H groups in total. The zero-order valence-electron chi connectivity index (χ0n) is 12.7. The first-order chi connectivity index (χ1) is 9.72. The van der Waals surface area contributed by atoms with Crippen molar-refractivity contribution in [3.05, 3.63) is 34.3 Å². The number of likely N-dealkylation sites (N-methyl/N-ethyl adjacent to an activating group) is 1. The molecule has 0 heterocycles. The summed E-state index contributed by atoms with van der Waals surface area (Å²) < 4.78 is 1.20. The molecule has 3 heteroatoms. The van der Waals surface area contributed by atoms with E-state index in [1.54, 1.807) is 0 Å². The highest BCUT2D eigenvalue weighted by Crippen LogP contribution is 2.37. The van der Waals surface area contributed by atoms with Crippen LogP contribution in [0.3, 0.4) is 0 Å². The van der Waals surface area contributed by atoms with Crippen LogP contribution in [0.4, 0.5) is 0 Å². The number of nitrogens with one attached hydrogen (secondary N) is 1. The monoisotopic (exact) mass is 338 g/mol. The van der Waals surface area contributed by atoms with Gasteiger partial charge in [0.05, 0.1) is 0 Å². The van der Waals surface area contributed by atoms with E-state index in [2.05, 4.69) is 64.3 Å². The maximum Gasteiger partial charge on any atom is 0.0178 e. The summed E-state index contributed by atoms with van der Waals surface area (Å²) in [5, 5.41) is 3.70. The van der Waals surface area contributed by atoms with Crippen LogP contribution in [0.25, 0.3) is 0 Å². The summed E-state index contributed by atoms with van der Waals surface area (Å²) in [6.07, 6.45) is 3.83. The fourth-order valence-corrected chi connectivity index (χ4v) is 3.41. The predicted molar refractivity (Wildman–Crippen MR) is 90.3 cm³/mol. The zero-order valence-corrected chi connectivity index (χ0v) is 14.3. The molecule has 0 spiro atoms. The molecule has 0 aliphatic heterocycles. The molecule has 0 aromatic heterocycles. The lowest BCUT2D eigenvalue weighted by atomic mass is 9.76. The van der Waals surface area contributed by atoms with Gasteiger partial charge in [0, 0.05) is 23.6 Å². The molecule has 1 aliphatic rings. The van der Waals surface area contributed by atoms with E-state index in [9.17, 15) is 0 Å². The number of nitrogens with zero attached hydrogens (tertiary/aromatic N) is 1. The third kappa shape index (κ3) is 4.57. The predicted octanol–water partition coefficient (Wildman–Crippen LogP) is 4.02. The van der Waals surface area contributed by atoms with Crippen molar-refractivity contribution in [3.8, 4) is 0 Å². The van der Waals surface area contributed by atoms with Crippen LogP contribution in [0.5, 0.6) is 0 Å². The van der Waals surface area contributed by atoms with Crippen molar-refractivity contribution in [2.45, 2.75) is 45.1 Å². The van der Waals surface area contributed by atoms with Crippen molar-refractivity contribution in [2.75, 3.05) is 26.2 Å². The first-order valence-corrected chi connectivity index (χ1v) is 8.73. The molecule has 1 saturated carbocycles. The quantitative estimate of drug-likeness (QED) is 0.770. The maximum absolute atomic E-state index is 3.70. The van der Waals surface area contributed by atoms with Gasteiger partial charge < -0.3 is 10.2 Å². The van der Waals surface area contributed by atoms with E-state index in [0.717, 1.165) is 18.5 Å². The average Bonchev–Trinajstić information content (AvgIpc) is 2.40. The molecule has 1 aliphatic carbocycles. The van der Waals surface area contributed by atoms with Gasteiger partial charge in [-0.05, 0) is 56.0 Å². The Morgan fingerprint density at radius 3 is 2.70 bits per heavy atom. The molecule has 0 radical (unpaired) electrons. The number of hydrogen-bond acceptors (Lipinski definition) is 2. The van der Waals surface area contributed by atoms with Gasteiger partial charge in [-0.1, -0.05) is 41.9 Å². The number of hydrogen-bond donors (Lipinski definition) is 1. The van der Waals surface area contributed by atoms with E-state index >= 15 is 0 Å². The smallest absolute Gasteiger partial charge is 0.0178 e. The van der Waals surface area contributed by atoms with Crippen LogP contribution in [-0.2, 0) is 0 Å². The fourth-order valence-electron chi connectivity index (χ4n) is 2.99. The van der Waals surface area contributed by atoms with Gasteiger partial charge in [0.2, 0.25) is 0 Å². The molecule has 0 saturated heterocycles. The second-order valence-electron chi connectivity index (χ2n) is 5.81. The van der Waals surface area contributed by atoms with Gasteiger partial charge in [-0.3, -0.25) is 0 Å². The van der Waals surface area contributed by atoms with Gasteiger partial charge in [-0.15, -0.1) is 0 Å². The second kappa shape index (κ2) is 8.16. The van der Waals surface area contributed by atoms with Gasteiger partial charge in [0.15, 0.2) is 0 Å². The Labute approximate surface area is 132 Å². The molecule has 0 bridgehead atoms. The van der Waals surface area contributed by atoms with E-state index in [0.29, 0.717) is 0 Å². The maximum atomic E-state index is 3.70. The minimum absolute atomic E-state index is 0.722. The van der Waals surface area contributed by atoms with Crippen molar-refractivity contribution in [1.29, 1.82) is 0 Å². The number of benzene rings is 1. The summed E-state index contributed by atoms with van der Waals surface area (Å²) in [4.78, 5) is 2.53. The third-order valence-corrected chi connectivity index (χ3v) is 4.80. The van der Waals surface area contributed by atoms with Crippen LogP contribution < -0.4 is 5.32 Å². The van der Waals surface area contributed by atoms with E-state index in [4.69, 9.17) is 0 Å². The highest BCUT2D eigenvalue weighted by atomic mass is 79.9. The summed E-state index contributed by atoms with van der Waals surface area (Å²) in [6, 6.07) is 9.49. The van der Waals surface area contributed by atoms with Crippen LogP contribution in [0.1, 0.15) is 44.6 Å². The molecule has 0 amide bonds. The molecule has 0 atom stereocenters. The highest BCUT2D eigenvalue weighted by Gasteiger charge is 2.29. The SMILES string of the molecule is CCCN(CC)CCNC1CC(c2cccc(Br)c2)C1. The molecule has 112 valence electrons. The van der Waals surface area contributed by atoms with Crippen molar-refractivity contribution >= 4 is 15.9 Å². The van der Waals surface area contributed by atoms with Crippen LogP contribution >= 0.6 is 15.9 Å². The summed E-state index contributed by atoms with van der Waals surface area (Å²) in [5.74, 6) is 0.753. The van der Waals surface area contributed by atoms with Crippen molar-refractivity contribution in [1.82, 2.24) is 10.2 Å². The molecule has 20 heavy (non-hydrogen) atoms. The first kappa shape index (κ1) is 16.0. The molecule has 2 rings (SSSR count). The Morgan fingerprint density at radius 2 is 2.05 bits per heavy atom. The number of rotatable bonds is 8. The van der Waals surface area contributed by atoms with Gasteiger partial charge in [0.25, 0.3) is 0 Å². The van der Waals surface area contributed by atoms with Crippen LogP contribution in [0.2, 0.25) is 0 Å². The normalized spacial score (nSPS) is 22.0. The summed E-state index contributed by atoms with van der Waals surface area (Å²) in [7, 11) is 0. The van der Waals surface area contributed by atoms with Crippen molar-refractivity contribution in [2.24, 2.45) is 0 Å². The molecule has 1 fully saturated rings. The van der Waals surface area contributed by atoms with E-state index in [1.165, 1.54) is 48.9 Å². The van der Waals surface area contributed by atoms with E-state index in [-0.39, 0.29) is 0 Å². The highest BCUT2D eigenvalue weighted by molar-refractivity contribution is 9.10. The lowest BCUT2D eigenvalue weighted by Gasteiger charge is -2.37. The Kier molecular flexibility index (Phi) is 6.53. The van der Waals surface area contributed by atoms with Crippen LogP contribution in [0, 0.1) is 0 Å². The molecule has 0 unspecified atom stereocenters. The molecule has 2 nitrogen and oxygen atoms in total. The molecule has 1 aromatic carbocycles. The summed E-state index contributed by atoms with van der Waals surface area (Å²) in [6.45, 7) is 9.21. The standard InChI is InChI=1S/C17H27BrN2/c1-3-9-20(4-2)10-8-19-17-12-15(13-17)14-6-5-7-16(18)11-14/h5-7,11,15,17,19H,3-4,8-10,12-13H2,1-2H3. The minimum Gasteiger partial charge on any atom is -0.313 e. The summed E-state index contributed by atoms with van der Waals surface area (Å²) >= 11 is 3.56. The minimum atomic E-state index is 0.722. The van der Waals surface area contributed by atoms with Gasteiger partial charge >= 0.3 is 0 Å². The summed E-state index contributed by atoms with van der Waals surface area (Å²) in [5.41, 5.74) is 1.48. The average molecular weight is 339 g/mol. The van der Waals surface area contributed by atoms with Crippen molar-refractivity contribution < 1.29 is 0 Å². The largest absolute Gasteiger partial charge is 0.313 e. The zero-order chi connectivity index (χ0) is 14.4. The van der Waals surface area contributed by atoms with E-state index < -0.39 is 0 Å². The molecule has 1 aromatic rings. The molecular formula is C17H27BrN2. The molecular weight excluding hydrogens is 312 g/mol. The number of halogens is 1. The lowest BCUT2D eigenvalue weighted by Crippen LogP contribution is -2.43. The Hall–Kier alpha value is -0.380. The van der Waals surface area contributed by atoms with Gasteiger partial charge in [-0.2, -0.15) is 0 Å². The van der Waals surface area contributed by atoms with Crippen molar-refractivity contribution in [3.63, 3.8) is 0 Å². The van der Waals surface area contributed by atoms with Crippen LogP contribution in [0.15, 0.2) is 28.7 Å². The van der Waals surface area contributed by atoms with E-state index in [1.807, 2.05) is 0 Å². The van der Waals surface area contributed by atoms with Gasteiger partial charge in [0.1, 0.15) is 0 Å².